The molecule has 0 saturated carbocycles. The molecule has 0 heterocycles. The monoisotopic (exact) mass is 211 g/mol. The molecule has 0 atom stereocenters. The highest BCUT2D eigenvalue weighted by atomic mass is 16.6. The molecule has 0 fully saturated rings. The van der Waals surface area contributed by atoms with Crippen LogP contribution in [0.1, 0.15) is 5.56 Å². The van der Waals surface area contributed by atoms with Gasteiger partial charge >= 0.3 is 0 Å². The van der Waals surface area contributed by atoms with Crippen LogP contribution in [0.15, 0.2) is 18.2 Å². The van der Waals surface area contributed by atoms with Gasteiger partial charge in [-0.15, -0.1) is 0 Å². The van der Waals surface area contributed by atoms with Gasteiger partial charge in [-0.2, -0.15) is 0 Å². The minimum atomic E-state index is -0.641. The zero-order valence-electron chi connectivity index (χ0n) is 7.75. The molecule has 7 heteroatoms. The van der Waals surface area contributed by atoms with E-state index in [0.717, 1.165) is 0 Å². The molecule has 1 aromatic rings. The summed E-state index contributed by atoms with van der Waals surface area (Å²) >= 11 is 0. The molecule has 0 aromatic heterocycles. The highest BCUT2D eigenvalue weighted by molar-refractivity contribution is 5.53. The van der Waals surface area contributed by atoms with Gasteiger partial charge < -0.3 is 5.73 Å². The van der Waals surface area contributed by atoms with Crippen LogP contribution in [0.4, 0.5) is 11.4 Å². The first-order chi connectivity index (χ1) is 7.07. The van der Waals surface area contributed by atoms with E-state index in [1.165, 1.54) is 18.2 Å². The fraction of sp³-hybridized carbons (Fsp3) is 0.250. The van der Waals surface area contributed by atoms with Crippen molar-refractivity contribution in [2.75, 3.05) is 6.54 Å². The number of nitro benzene ring substituents is 2. The Labute approximate surface area is 84.8 Å². The molecular weight excluding hydrogens is 202 g/mol. The van der Waals surface area contributed by atoms with Gasteiger partial charge in [0.25, 0.3) is 11.4 Å². The zero-order valence-corrected chi connectivity index (χ0v) is 7.75. The Morgan fingerprint density at radius 1 is 1.13 bits per heavy atom. The van der Waals surface area contributed by atoms with Crippen LogP contribution in [0.3, 0.4) is 0 Å². The summed E-state index contributed by atoms with van der Waals surface area (Å²) in [4.78, 5) is 19.9. The maximum atomic E-state index is 10.6. The van der Waals surface area contributed by atoms with E-state index < -0.39 is 9.85 Å². The molecule has 1 aromatic carbocycles. The second-order valence-corrected chi connectivity index (χ2v) is 2.83. The summed E-state index contributed by atoms with van der Waals surface area (Å²) in [6.07, 6.45) is 0.119. The molecular formula is C8H9N3O4. The van der Waals surface area contributed by atoms with Crippen LogP contribution in [0.5, 0.6) is 0 Å². The van der Waals surface area contributed by atoms with Gasteiger partial charge in [0.05, 0.1) is 9.85 Å². The number of hydrogen-bond donors (Lipinski definition) is 1. The number of nitro groups is 2. The largest absolute Gasteiger partial charge is 0.330 e. The fourth-order valence-electron chi connectivity index (χ4n) is 1.31. The third kappa shape index (κ3) is 2.26. The highest BCUT2D eigenvalue weighted by Crippen LogP contribution is 2.27. The second kappa shape index (κ2) is 4.47. The molecule has 0 spiro atoms. The summed E-state index contributed by atoms with van der Waals surface area (Å²) in [5.74, 6) is 0. The minimum Gasteiger partial charge on any atom is -0.330 e. The van der Waals surface area contributed by atoms with Gasteiger partial charge in [0.2, 0.25) is 0 Å². The average Bonchev–Trinajstić information content (AvgIpc) is 2.17. The Balaban J connectivity index is 3.34. The molecule has 0 unspecified atom stereocenters. The van der Waals surface area contributed by atoms with E-state index in [-0.39, 0.29) is 29.9 Å². The molecule has 7 nitrogen and oxygen atoms in total. The topological polar surface area (TPSA) is 112 Å². The normalized spacial score (nSPS) is 9.93. The molecule has 1 rings (SSSR count). The fourth-order valence-corrected chi connectivity index (χ4v) is 1.31. The van der Waals surface area contributed by atoms with E-state index in [9.17, 15) is 20.2 Å². The van der Waals surface area contributed by atoms with Gasteiger partial charge in [-0.1, -0.05) is 0 Å². The van der Waals surface area contributed by atoms with Crippen molar-refractivity contribution < 1.29 is 9.85 Å². The smallest absolute Gasteiger partial charge is 0.279 e. The molecule has 0 radical (unpaired) electrons. The number of hydrogen-bond acceptors (Lipinski definition) is 5. The maximum absolute atomic E-state index is 10.6. The molecule has 0 saturated heterocycles. The molecule has 0 aliphatic rings. The van der Waals surface area contributed by atoms with Crippen molar-refractivity contribution in [1.29, 1.82) is 0 Å². The van der Waals surface area contributed by atoms with E-state index in [4.69, 9.17) is 5.73 Å². The Morgan fingerprint density at radius 3 is 1.93 bits per heavy atom. The average molecular weight is 211 g/mol. The van der Waals surface area contributed by atoms with Crippen LogP contribution in [0, 0.1) is 20.2 Å². The molecule has 0 aliphatic carbocycles. The van der Waals surface area contributed by atoms with Crippen molar-refractivity contribution in [3.8, 4) is 0 Å². The number of rotatable bonds is 4. The van der Waals surface area contributed by atoms with E-state index in [1.54, 1.807) is 0 Å². The van der Waals surface area contributed by atoms with Crippen molar-refractivity contribution in [2.24, 2.45) is 5.73 Å². The highest BCUT2D eigenvalue weighted by Gasteiger charge is 2.23. The maximum Gasteiger partial charge on any atom is 0.279 e. The third-order valence-corrected chi connectivity index (χ3v) is 1.91. The summed E-state index contributed by atoms with van der Waals surface area (Å²) in [5.41, 5.74) is 4.82. The van der Waals surface area contributed by atoms with Crippen molar-refractivity contribution >= 4 is 11.4 Å². The summed E-state index contributed by atoms with van der Waals surface area (Å²) in [6, 6.07) is 3.76. The van der Waals surface area contributed by atoms with Crippen LogP contribution < -0.4 is 5.73 Å². The van der Waals surface area contributed by atoms with Crippen LogP contribution in [-0.2, 0) is 6.42 Å². The van der Waals surface area contributed by atoms with Crippen LogP contribution in [-0.4, -0.2) is 16.4 Å². The molecule has 15 heavy (non-hydrogen) atoms. The van der Waals surface area contributed by atoms with E-state index in [0.29, 0.717) is 0 Å². The van der Waals surface area contributed by atoms with Crippen LogP contribution in [0.2, 0.25) is 0 Å². The third-order valence-electron chi connectivity index (χ3n) is 1.91. The molecule has 0 amide bonds. The van der Waals surface area contributed by atoms with Crippen molar-refractivity contribution in [3.05, 3.63) is 44.0 Å². The number of benzene rings is 1. The lowest BCUT2D eigenvalue weighted by Gasteiger charge is -2.01. The summed E-state index contributed by atoms with van der Waals surface area (Å²) in [7, 11) is 0. The van der Waals surface area contributed by atoms with Gasteiger partial charge in [0.15, 0.2) is 0 Å². The predicted molar refractivity (Wildman–Crippen MR) is 52.5 cm³/mol. The number of nitrogens with zero attached hydrogens (tertiary/aromatic N) is 2. The van der Waals surface area contributed by atoms with Crippen molar-refractivity contribution in [2.45, 2.75) is 6.42 Å². The lowest BCUT2D eigenvalue weighted by molar-refractivity contribution is -0.395. The summed E-state index contributed by atoms with van der Waals surface area (Å²) < 4.78 is 0. The summed E-state index contributed by atoms with van der Waals surface area (Å²) in [5, 5.41) is 21.2. The SMILES string of the molecule is NCCc1c([N+](=O)[O-])cccc1[N+](=O)[O-]. The van der Waals surface area contributed by atoms with Gasteiger partial charge in [-0.25, -0.2) is 0 Å². The predicted octanol–water partition coefficient (Wildman–Crippen LogP) is 1.00. The minimum absolute atomic E-state index is 0.0787. The first-order valence-corrected chi connectivity index (χ1v) is 4.18. The lowest BCUT2D eigenvalue weighted by Crippen LogP contribution is -2.07. The Morgan fingerprint density at radius 2 is 1.60 bits per heavy atom. The first kappa shape index (κ1) is 11.1. The Hall–Kier alpha value is -2.02. The summed E-state index contributed by atoms with van der Waals surface area (Å²) in [6.45, 7) is 0.131. The van der Waals surface area contributed by atoms with E-state index >= 15 is 0 Å². The molecule has 0 aliphatic heterocycles. The standard InChI is InChI=1S/C8H9N3O4/c9-5-4-6-7(10(12)13)2-1-3-8(6)11(14)15/h1-3H,4-5,9H2. The molecule has 2 N–H and O–H groups in total. The van der Waals surface area contributed by atoms with Gasteiger partial charge in [0.1, 0.15) is 5.56 Å². The Kier molecular flexibility index (Phi) is 3.29. The quantitative estimate of drug-likeness (QED) is 0.589. The van der Waals surface area contributed by atoms with Gasteiger partial charge in [-0.3, -0.25) is 20.2 Å². The molecule has 0 bridgehead atoms. The van der Waals surface area contributed by atoms with Crippen molar-refractivity contribution in [3.63, 3.8) is 0 Å². The van der Waals surface area contributed by atoms with Crippen LogP contribution >= 0.6 is 0 Å². The van der Waals surface area contributed by atoms with Crippen molar-refractivity contribution in [1.82, 2.24) is 0 Å². The van der Waals surface area contributed by atoms with Gasteiger partial charge in [0, 0.05) is 12.1 Å². The number of nitrogens with two attached hydrogens (primary N) is 1. The second-order valence-electron chi connectivity index (χ2n) is 2.83. The lowest BCUT2D eigenvalue weighted by atomic mass is 10.1. The van der Waals surface area contributed by atoms with E-state index in [1.807, 2.05) is 0 Å². The van der Waals surface area contributed by atoms with Gasteiger partial charge in [-0.05, 0) is 19.0 Å². The Bertz CT molecular complexity index is 373. The molecule has 80 valence electrons. The zero-order chi connectivity index (χ0) is 11.4. The van der Waals surface area contributed by atoms with E-state index in [2.05, 4.69) is 0 Å². The van der Waals surface area contributed by atoms with Crippen LogP contribution in [0.25, 0.3) is 0 Å². The first-order valence-electron chi connectivity index (χ1n) is 4.18.